The van der Waals surface area contributed by atoms with Crippen LogP contribution in [0.1, 0.15) is 37.4 Å². The zero-order valence-electron chi connectivity index (χ0n) is 11.9. The van der Waals surface area contributed by atoms with E-state index in [1.165, 1.54) is 0 Å². The van der Waals surface area contributed by atoms with Crippen LogP contribution in [0.2, 0.25) is 0 Å². The maximum absolute atomic E-state index is 12.6. The van der Waals surface area contributed by atoms with E-state index >= 15 is 0 Å². The number of carbonyl (C=O) groups excluding carboxylic acids is 2. The van der Waals surface area contributed by atoms with Gasteiger partial charge in [0, 0.05) is 28.8 Å². The molecular formula is C17H15NO3. The van der Waals surface area contributed by atoms with Crippen molar-refractivity contribution in [2.75, 3.05) is 14.1 Å². The van der Waals surface area contributed by atoms with Gasteiger partial charge in [-0.1, -0.05) is 30.3 Å². The highest BCUT2D eigenvalue weighted by Gasteiger charge is 2.32. The van der Waals surface area contributed by atoms with Crippen molar-refractivity contribution in [2.45, 2.75) is 6.54 Å². The predicted octanol–water partition coefficient (Wildman–Crippen LogP) is 2.23. The smallest absolute Gasteiger partial charge is 0.198 e. The molecule has 0 fully saturated rings. The quantitative estimate of drug-likeness (QED) is 0.782. The molecule has 0 radical (unpaired) electrons. The van der Waals surface area contributed by atoms with Gasteiger partial charge < -0.3 is 10.0 Å². The Balaban J connectivity index is 2.21. The lowest BCUT2D eigenvalue weighted by atomic mass is 9.82. The van der Waals surface area contributed by atoms with Gasteiger partial charge >= 0.3 is 0 Å². The Morgan fingerprint density at radius 1 is 0.905 bits per heavy atom. The van der Waals surface area contributed by atoms with Gasteiger partial charge in [0.25, 0.3) is 0 Å². The van der Waals surface area contributed by atoms with Crippen LogP contribution in [-0.2, 0) is 6.54 Å². The second-order valence-corrected chi connectivity index (χ2v) is 5.44. The fourth-order valence-electron chi connectivity index (χ4n) is 2.68. The van der Waals surface area contributed by atoms with E-state index in [2.05, 4.69) is 0 Å². The Morgan fingerprint density at radius 2 is 1.52 bits per heavy atom. The van der Waals surface area contributed by atoms with Crippen LogP contribution in [0.25, 0.3) is 0 Å². The third-order valence-electron chi connectivity index (χ3n) is 3.64. The number of fused-ring (bicyclic) bond motifs is 2. The molecule has 1 N–H and O–H groups in total. The maximum Gasteiger partial charge on any atom is 0.198 e. The minimum atomic E-state index is -0.293. The third kappa shape index (κ3) is 2.04. The molecule has 2 aromatic rings. The highest BCUT2D eigenvalue weighted by Crippen LogP contribution is 2.35. The summed E-state index contributed by atoms with van der Waals surface area (Å²) in [6.45, 7) is 0.502. The molecule has 0 bridgehead atoms. The molecule has 0 aromatic heterocycles. The number of phenols is 1. The summed E-state index contributed by atoms with van der Waals surface area (Å²) >= 11 is 0. The van der Waals surface area contributed by atoms with Crippen LogP contribution >= 0.6 is 0 Å². The molecule has 0 spiro atoms. The first-order chi connectivity index (χ1) is 10.0. The van der Waals surface area contributed by atoms with Crippen LogP contribution in [0.5, 0.6) is 5.75 Å². The van der Waals surface area contributed by atoms with E-state index in [0.29, 0.717) is 23.2 Å². The van der Waals surface area contributed by atoms with Crippen molar-refractivity contribution in [3.05, 3.63) is 64.2 Å². The third-order valence-corrected chi connectivity index (χ3v) is 3.64. The molecule has 1 aliphatic rings. The Morgan fingerprint density at radius 3 is 2.14 bits per heavy atom. The number of hydrogen-bond donors (Lipinski definition) is 1. The first kappa shape index (κ1) is 13.5. The van der Waals surface area contributed by atoms with E-state index in [4.69, 9.17) is 0 Å². The lowest BCUT2D eigenvalue weighted by Gasteiger charge is -2.20. The molecule has 0 amide bonds. The van der Waals surface area contributed by atoms with Crippen LogP contribution < -0.4 is 0 Å². The van der Waals surface area contributed by atoms with E-state index in [1.807, 2.05) is 19.0 Å². The van der Waals surface area contributed by atoms with Gasteiger partial charge in [-0.3, -0.25) is 9.59 Å². The van der Waals surface area contributed by atoms with Crippen molar-refractivity contribution >= 4 is 11.6 Å². The first-order valence-corrected chi connectivity index (χ1v) is 6.68. The van der Waals surface area contributed by atoms with Gasteiger partial charge in [0.2, 0.25) is 0 Å². The van der Waals surface area contributed by atoms with E-state index in [1.54, 1.807) is 36.4 Å². The topological polar surface area (TPSA) is 57.6 Å². The monoisotopic (exact) mass is 281 g/mol. The maximum atomic E-state index is 12.6. The summed E-state index contributed by atoms with van der Waals surface area (Å²) < 4.78 is 0. The molecule has 21 heavy (non-hydrogen) atoms. The molecule has 0 unspecified atom stereocenters. The van der Waals surface area contributed by atoms with Crippen molar-refractivity contribution in [1.82, 2.24) is 4.90 Å². The number of nitrogens with zero attached hydrogens (tertiary/aromatic N) is 1. The zero-order chi connectivity index (χ0) is 15.1. The van der Waals surface area contributed by atoms with Crippen molar-refractivity contribution in [2.24, 2.45) is 0 Å². The van der Waals surface area contributed by atoms with Gasteiger partial charge in [0.1, 0.15) is 5.75 Å². The van der Waals surface area contributed by atoms with Crippen molar-refractivity contribution in [1.29, 1.82) is 0 Å². The molecule has 0 saturated carbocycles. The Hall–Kier alpha value is -2.46. The number of aromatic hydroxyl groups is 1. The fraction of sp³-hybridized carbons (Fsp3) is 0.176. The molecule has 3 rings (SSSR count). The summed E-state index contributed by atoms with van der Waals surface area (Å²) in [5.41, 5.74) is 1.79. The van der Waals surface area contributed by atoms with Crippen LogP contribution in [0.15, 0.2) is 36.4 Å². The Labute approximate surface area is 122 Å². The number of benzene rings is 2. The van der Waals surface area contributed by atoms with Crippen molar-refractivity contribution in [3.8, 4) is 5.75 Å². The van der Waals surface area contributed by atoms with Gasteiger partial charge in [-0.05, 0) is 20.2 Å². The summed E-state index contributed by atoms with van der Waals surface area (Å²) in [5.74, 6) is -0.598. The summed E-state index contributed by atoms with van der Waals surface area (Å²) in [7, 11) is 3.75. The molecule has 4 nitrogen and oxygen atoms in total. The van der Waals surface area contributed by atoms with E-state index in [0.717, 1.165) is 0 Å². The highest BCUT2D eigenvalue weighted by molar-refractivity contribution is 6.29. The average Bonchev–Trinajstić information content (AvgIpc) is 2.46. The van der Waals surface area contributed by atoms with Gasteiger partial charge in [-0.25, -0.2) is 0 Å². The average molecular weight is 281 g/mol. The predicted molar refractivity (Wildman–Crippen MR) is 78.8 cm³/mol. The van der Waals surface area contributed by atoms with Crippen molar-refractivity contribution < 1.29 is 14.7 Å². The molecule has 0 aliphatic heterocycles. The Kier molecular flexibility index (Phi) is 3.11. The largest absolute Gasteiger partial charge is 0.507 e. The van der Waals surface area contributed by atoms with E-state index < -0.39 is 0 Å². The van der Waals surface area contributed by atoms with Crippen LogP contribution in [-0.4, -0.2) is 35.7 Å². The van der Waals surface area contributed by atoms with Gasteiger partial charge in [0.15, 0.2) is 11.6 Å². The number of phenolic OH excluding ortho intramolecular Hbond substituents is 1. The fourth-order valence-corrected chi connectivity index (χ4v) is 2.68. The standard InChI is InChI=1S/C17H15NO3/c1-18(2)9-10-7-8-13-14(15(10)19)17(21)12-6-4-3-5-11(12)16(13)20/h3-8,19H,9H2,1-2H3. The number of ketones is 2. The molecule has 0 heterocycles. The normalized spacial score (nSPS) is 13.3. The molecule has 2 aromatic carbocycles. The minimum absolute atomic E-state index is 0.0888. The van der Waals surface area contributed by atoms with E-state index in [-0.39, 0.29) is 28.4 Å². The lowest BCUT2D eigenvalue weighted by Crippen LogP contribution is -2.22. The second kappa shape index (κ2) is 4.82. The zero-order valence-corrected chi connectivity index (χ0v) is 11.9. The minimum Gasteiger partial charge on any atom is -0.507 e. The molecular weight excluding hydrogens is 266 g/mol. The van der Waals surface area contributed by atoms with Gasteiger partial charge in [-0.15, -0.1) is 0 Å². The lowest BCUT2D eigenvalue weighted by molar-refractivity contribution is 0.0976. The van der Waals surface area contributed by atoms with E-state index in [9.17, 15) is 14.7 Å². The highest BCUT2D eigenvalue weighted by atomic mass is 16.3. The molecule has 106 valence electrons. The second-order valence-electron chi connectivity index (χ2n) is 5.44. The van der Waals surface area contributed by atoms with Gasteiger partial charge in [-0.2, -0.15) is 0 Å². The molecule has 0 saturated heterocycles. The van der Waals surface area contributed by atoms with Crippen LogP contribution in [0.4, 0.5) is 0 Å². The number of rotatable bonds is 2. The number of carbonyl (C=O) groups is 2. The van der Waals surface area contributed by atoms with Gasteiger partial charge in [0.05, 0.1) is 5.56 Å². The number of hydrogen-bond acceptors (Lipinski definition) is 4. The van der Waals surface area contributed by atoms with Crippen molar-refractivity contribution in [3.63, 3.8) is 0 Å². The SMILES string of the molecule is CN(C)Cc1ccc2c(c1O)C(=O)c1ccccc1C2=O. The summed E-state index contributed by atoms with van der Waals surface area (Å²) in [4.78, 5) is 26.9. The summed E-state index contributed by atoms with van der Waals surface area (Å²) in [5, 5.41) is 10.4. The summed E-state index contributed by atoms with van der Waals surface area (Å²) in [6, 6.07) is 10.0. The summed E-state index contributed by atoms with van der Waals surface area (Å²) in [6.07, 6.45) is 0. The molecule has 4 heteroatoms. The van der Waals surface area contributed by atoms with Crippen LogP contribution in [0.3, 0.4) is 0 Å². The molecule has 1 aliphatic carbocycles. The first-order valence-electron chi connectivity index (χ1n) is 6.68. The molecule has 0 atom stereocenters. The Bertz CT molecular complexity index is 763. The van der Waals surface area contributed by atoms with Crippen LogP contribution in [0, 0.1) is 0 Å².